The summed E-state index contributed by atoms with van der Waals surface area (Å²) in [6.07, 6.45) is 7.62. The fraction of sp³-hybridized carbons (Fsp3) is 0.526. The number of aryl methyl sites for hydroxylation is 1. The molecule has 0 saturated carbocycles. The Morgan fingerprint density at radius 2 is 2.08 bits per heavy atom. The zero-order chi connectivity index (χ0) is 16.8. The molecule has 1 aliphatic heterocycles. The minimum atomic E-state index is 0.432. The predicted octanol–water partition coefficient (Wildman–Crippen LogP) is 3.06. The zero-order valence-corrected chi connectivity index (χ0v) is 14.6. The van der Waals surface area contributed by atoms with Crippen LogP contribution in [0.15, 0.2) is 36.7 Å². The van der Waals surface area contributed by atoms with E-state index < -0.39 is 0 Å². The minimum absolute atomic E-state index is 0.432. The quantitative estimate of drug-likeness (QED) is 0.732. The number of hydrogen-bond donors (Lipinski definition) is 0. The van der Waals surface area contributed by atoms with Gasteiger partial charge in [0.05, 0.1) is 13.2 Å². The van der Waals surface area contributed by atoms with E-state index in [-0.39, 0.29) is 0 Å². The molecular weight excluding hydrogens is 302 g/mol. The van der Waals surface area contributed by atoms with Crippen molar-refractivity contribution in [1.29, 1.82) is 0 Å². The molecule has 0 amide bonds. The van der Waals surface area contributed by atoms with E-state index in [4.69, 9.17) is 9.47 Å². The molecule has 2 aromatic rings. The topological polar surface area (TPSA) is 39.5 Å². The zero-order valence-electron chi connectivity index (χ0n) is 14.6. The van der Waals surface area contributed by atoms with Crippen molar-refractivity contribution >= 4 is 0 Å². The van der Waals surface area contributed by atoms with Gasteiger partial charge in [-0.3, -0.25) is 0 Å². The average molecular weight is 329 g/mol. The number of nitrogens with zero attached hydrogens (tertiary/aromatic N) is 3. The van der Waals surface area contributed by atoms with Gasteiger partial charge in [-0.1, -0.05) is 12.1 Å². The number of ether oxygens (including phenoxy) is 2. The van der Waals surface area contributed by atoms with Gasteiger partial charge in [-0.05, 0) is 38.4 Å². The highest BCUT2D eigenvalue weighted by molar-refractivity contribution is 5.58. The first-order valence-electron chi connectivity index (χ1n) is 8.72. The molecule has 2 heterocycles. The highest BCUT2D eigenvalue weighted by Gasteiger charge is 2.16. The number of rotatable bonds is 7. The molecule has 1 aromatic heterocycles. The molecule has 0 N–H and O–H groups in total. The van der Waals surface area contributed by atoms with Crippen LogP contribution in [0.2, 0.25) is 0 Å². The van der Waals surface area contributed by atoms with Crippen molar-refractivity contribution in [2.75, 3.05) is 33.9 Å². The Balaban J connectivity index is 1.50. The maximum absolute atomic E-state index is 6.03. The number of methoxy groups -OCH3 is 1. The SMILES string of the molecule is COc1cccc(-c2nccn2CCCOC2CCN(C)CC2)c1. The van der Waals surface area contributed by atoms with E-state index in [9.17, 15) is 0 Å². The van der Waals surface area contributed by atoms with Gasteiger partial charge in [0.2, 0.25) is 0 Å². The summed E-state index contributed by atoms with van der Waals surface area (Å²) in [4.78, 5) is 6.87. The van der Waals surface area contributed by atoms with Crippen LogP contribution in [0.25, 0.3) is 11.4 Å². The normalized spacial score (nSPS) is 16.4. The van der Waals surface area contributed by atoms with E-state index >= 15 is 0 Å². The lowest BCUT2D eigenvalue weighted by Gasteiger charge is -2.28. The van der Waals surface area contributed by atoms with Crippen molar-refractivity contribution in [3.63, 3.8) is 0 Å². The van der Waals surface area contributed by atoms with E-state index in [0.717, 1.165) is 62.6 Å². The van der Waals surface area contributed by atoms with E-state index in [0.29, 0.717) is 6.10 Å². The van der Waals surface area contributed by atoms with Crippen LogP contribution in [0.1, 0.15) is 19.3 Å². The Kier molecular flexibility index (Phi) is 5.88. The van der Waals surface area contributed by atoms with Crippen molar-refractivity contribution in [3.05, 3.63) is 36.7 Å². The summed E-state index contributed by atoms with van der Waals surface area (Å²) in [6, 6.07) is 8.03. The van der Waals surface area contributed by atoms with Gasteiger partial charge >= 0.3 is 0 Å². The number of imidazole rings is 1. The molecule has 3 rings (SSSR count). The molecule has 5 nitrogen and oxygen atoms in total. The summed E-state index contributed by atoms with van der Waals surface area (Å²) in [7, 11) is 3.86. The first-order chi connectivity index (χ1) is 11.8. The van der Waals surface area contributed by atoms with Gasteiger partial charge < -0.3 is 18.9 Å². The van der Waals surface area contributed by atoms with Crippen molar-refractivity contribution in [3.8, 4) is 17.1 Å². The molecule has 1 aromatic carbocycles. The van der Waals surface area contributed by atoms with Gasteiger partial charge in [0.25, 0.3) is 0 Å². The van der Waals surface area contributed by atoms with Crippen molar-refractivity contribution in [1.82, 2.24) is 14.5 Å². The maximum atomic E-state index is 6.03. The van der Waals surface area contributed by atoms with Gasteiger partial charge in [-0.15, -0.1) is 0 Å². The Hall–Kier alpha value is -1.85. The van der Waals surface area contributed by atoms with Gasteiger partial charge in [0.1, 0.15) is 11.6 Å². The third kappa shape index (κ3) is 4.36. The Labute approximate surface area is 144 Å². The van der Waals surface area contributed by atoms with Crippen molar-refractivity contribution in [2.24, 2.45) is 0 Å². The van der Waals surface area contributed by atoms with E-state index in [1.165, 1.54) is 0 Å². The molecule has 1 fully saturated rings. The number of piperidine rings is 1. The second-order valence-corrected chi connectivity index (χ2v) is 6.40. The standard InChI is InChI=1S/C19H27N3O2/c1-21-11-7-17(8-12-21)24-14-4-10-22-13-9-20-19(22)16-5-3-6-18(15-16)23-2/h3,5-6,9,13,15,17H,4,7-8,10-12,14H2,1-2H3. The van der Waals surface area contributed by atoms with Gasteiger partial charge in [0, 0.05) is 44.2 Å². The molecule has 0 spiro atoms. The van der Waals surface area contributed by atoms with Crippen molar-refractivity contribution in [2.45, 2.75) is 31.9 Å². The van der Waals surface area contributed by atoms with Gasteiger partial charge in [-0.2, -0.15) is 0 Å². The van der Waals surface area contributed by atoms with E-state index in [1.54, 1.807) is 7.11 Å². The van der Waals surface area contributed by atoms with Crippen LogP contribution in [0.3, 0.4) is 0 Å². The Morgan fingerprint density at radius 3 is 2.88 bits per heavy atom. The van der Waals surface area contributed by atoms with Crippen LogP contribution in [0.5, 0.6) is 5.75 Å². The Bertz CT molecular complexity index is 633. The van der Waals surface area contributed by atoms with Crippen LogP contribution in [-0.2, 0) is 11.3 Å². The first-order valence-corrected chi connectivity index (χ1v) is 8.72. The van der Waals surface area contributed by atoms with Gasteiger partial charge in [-0.25, -0.2) is 4.98 Å². The predicted molar refractivity (Wildman–Crippen MR) is 95.3 cm³/mol. The molecule has 0 radical (unpaired) electrons. The molecule has 24 heavy (non-hydrogen) atoms. The van der Waals surface area contributed by atoms with Gasteiger partial charge in [0.15, 0.2) is 0 Å². The highest BCUT2D eigenvalue weighted by atomic mass is 16.5. The average Bonchev–Trinajstić information content (AvgIpc) is 3.09. The molecule has 130 valence electrons. The van der Waals surface area contributed by atoms with Crippen LogP contribution in [0, 0.1) is 0 Å². The lowest BCUT2D eigenvalue weighted by molar-refractivity contribution is 0.0103. The molecule has 1 aliphatic rings. The maximum Gasteiger partial charge on any atom is 0.140 e. The monoisotopic (exact) mass is 329 g/mol. The fourth-order valence-corrected chi connectivity index (χ4v) is 3.15. The summed E-state index contributed by atoms with van der Waals surface area (Å²) < 4.78 is 13.5. The van der Waals surface area contributed by atoms with Crippen LogP contribution >= 0.6 is 0 Å². The lowest BCUT2D eigenvalue weighted by Crippen LogP contribution is -2.34. The number of hydrogen-bond acceptors (Lipinski definition) is 4. The molecular formula is C19H27N3O2. The van der Waals surface area contributed by atoms with Crippen molar-refractivity contribution < 1.29 is 9.47 Å². The van der Waals surface area contributed by atoms with E-state index in [2.05, 4.69) is 27.6 Å². The second kappa shape index (κ2) is 8.31. The Morgan fingerprint density at radius 1 is 1.25 bits per heavy atom. The third-order valence-corrected chi connectivity index (χ3v) is 4.61. The summed E-state index contributed by atoms with van der Waals surface area (Å²) >= 11 is 0. The number of likely N-dealkylation sites (tertiary alicyclic amines) is 1. The van der Waals surface area contributed by atoms with Crippen LogP contribution in [-0.4, -0.2) is 54.4 Å². The second-order valence-electron chi connectivity index (χ2n) is 6.40. The minimum Gasteiger partial charge on any atom is -0.497 e. The first kappa shape index (κ1) is 17.0. The summed E-state index contributed by atoms with van der Waals surface area (Å²) in [5, 5.41) is 0. The summed E-state index contributed by atoms with van der Waals surface area (Å²) in [6.45, 7) is 4.02. The third-order valence-electron chi connectivity index (χ3n) is 4.61. The highest BCUT2D eigenvalue weighted by Crippen LogP contribution is 2.22. The molecule has 0 atom stereocenters. The molecule has 0 aliphatic carbocycles. The summed E-state index contributed by atoms with van der Waals surface area (Å²) in [5.74, 6) is 1.83. The summed E-state index contributed by atoms with van der Waals surface area (Å²) in [5.41, 5.74) is 1.08. The molecule has 0 bridgehead atoms. The number of aromatic nitrogens is 2. The van der Waals surface area contributed by atoms with Crippen LogP contribution < -0.4 is 4.74 Å². The van der Waals surface area contributed by atoms with Crippen LogP contribution in [0.4, 0.5) is 0 Å². The smallest absolute Gasteiger partial charge is 0.140 e. The molecule has 1 saturated heterocycles. The molecule has 5 heteroatoms. The largest absolute Gasteiger partial charge is 0.497 e. The number of benzene rings is 1. The fourth-order valence-electron chi connectivity index (χ4n) is 3.15. The molecule has 0 unspecified atom stereocenters. The van der Waals surface area contributed by atoms with E-state index in [1.807, 2.05) is 30.6 Å². The lowest BCUT2D eigenvalue weighted by atomic mass is 10.1.